The Morgan fingerprint density at radius 1 is 1.47 bits per heavy atom. The molecule has 17 heavy (non-hydrogen) atoms. The number of nitrogens with two attached hydrogens (primary N) is 1. The minimum Gasteiger partial charge on any atom is -0.323 e. The van der Waals surface area contributed by atoms with Crippen LogP contribution in [0.2, 0.25) is 0 Å². The van der Waals surface area contributed by atoms with Crippen LogP contribution in [0.1, 0.15) is 20.8 Å². The number of aromatic nitrogens is 1. The maximum Gasteiger partial charge on any atom is 0.250 e. The van der Waals surface area contributed by atoms with E-state index in [0.717, 1.165) is 0 Å². The summed E-state index contributed by atoms with van der Waals surface area (Å²) in [6, 6.07) is 2.99. The summed E-state index contributed by atoms with van der Waals surface area (Å²) in [5.41, 5.74) is 5.19. The van der Waals surface area contributed by atoms with Crippen LogP contribution in [0, 0.1) is 0 Å². The van der Waals surface area contributed by atoms with Gasteiger partial charge in [-0.2, -0.15) is 0 Å². The predicted molar refractivity (Wildman–Crippen MR) is 70.5 cm³/mol. The van der Waals surface area contributed by atoms with Crippen molar-refractivity contribution in [3.63, 3.8) is 0 Å². The van der Waals surface area contributed by atoms with Crippen molar-refractivity contribution in [2.45, 2.75) is 32.9 Å². The SMILES string of the molecule is CCn1cc(NC(=O)C(C)(C)N)ccc1=O.Cl. The number of anilines is 1. The molecule has 1 aromatic heterocycles. The fourth-order valence-electron chi connectivity index (χ4n) is 1.14. The zero-order valence-corrected chi connectivity index (χ0v) is 11.0. The summed E-state index contributed by atoms with van der Waals surface area (Å²) in [7, 11) is 0. The summed E-state index contributed by atoms with van der Waals surface area (Å²) in [5.74, 6) is -0.284. The summed E-state index contributed by atoms with van der Waals surface area (Å²) in [6.45, 7) is 5.67. The summed E-state index contributed by atoms with van der Waals surface area (Å²) in [6.07, 6.45) is 1.60. The zero-order chi connectivity index (χ0) is 12.3. The van der Waals surface area contributed by atoms with Gasteiger partial charge in [0.2, 0.25) is 5.91 Å². The largest absolute Gasteiger partial charge is 0.323 e. The standard InChI is InChI=1S/C11H17N3O2.ClH/c1-4-14-7-8(5-6-9(14)15)13-10(16)11(2,3)12;/h5-7H,4,12H2,1-3H3,(H,13,16);1H. The molecule has 1 heterocycles. The molecule has 6 heteroatoms. The second-order valence-electron chi connectivity index (χ2n) is 4.22. The van der Waals surface area contributed by atoms with E-state index in [9.17, 15) is 9.59 Å². The fourth-order valence-corrected chi connectivity index (χ4v) is 1.14. The molecule has 0 saturated heterocycles. The van der Waals surface area contributed by atoms with E-state index in [0.29, 0.717) is 12.2 Å². The van der Waals surface area contributed by atoms with Crippen molar-refractivity contribution in [3.8, 4) is 0 Å². The second kappa shape index (κ2) is 5.84. The van der Waals surface area contributed by atoms with Crippen LogP contribution in [0.25, 0.3) is 0 Å². The van der Waals surface area contributed by atoms with Gasteiger partial charge < -0.3 is 15.6 Å². The Bertz CT molecular complexity index is 449. The van der Waals surface area contributed by atoms with E-state index in [1.165, 1.54) is 10.6 Å². The summed E-state index contributed by atoms with van der Waals surface area (Å²) >= 11 is 0. The van der Waals surface area contributed by atoms with Gasteiger partial charge in [0.25, 0.3) is 5.56 Å². The third-order valence-corrected chi connectivity index (χ3v) is 2.17. The van der Waals surface area contributed by atoms with Gasteiger partial charge in [-0.25, -0.2) is 0 Å². The third-order valence-electron chi connectivity index (χ3n) is 2.17. The molecular formula is C11H18ClN3O2. The maximum absolute atomic E-state index is 11.6. The van der Waals surface area contributed by atoms with Crippen molar-refractivity contribution >= 4 is 24.0 Å². The number of halogens is 1. The lowest BCUT2D eigenvalue weighted by Gasteiger charge is -2.18. The molecule has 0 aliphatic heterocycles. The molecule has 5 nitrogen and oxygen atoms in total. The number of carbonyl (C=O) groups excluding carboxylic acids is 1. The minimum atomic E-state index is -0.937. The van der Waals surface area contributed by atoms with Gasteiger partial charge in [-0.15, -0.1) is 12.4 Å². The molecule has 0 bridgehead atoms. The molecule has 0 aromatic carbocycles. The Labute approximate surface area is 106 Å². The quantitative estimate of drug-likeness (QED) is 0.849. The van der Waals surface area contributed by atoms with E-state index in [1.54, 1.807) is 26.1 Å². The molecule has 1 amide bonds. The first-order chi connectivity index (χ1) is 7.34. The van der Waals surface area contributed by atoms with E-state index in [1.807, 2.05) is 6.92 Å². The Balaban J connectivity index is 0.00000256. The first-order valence-corrected chi connectivity index (χ1v) is 5.15. The number of rotatable bonds is 3. The van der Waals surface area contributed by atoms with E-state index in [2.05, 4.69) is 5.32 Å². The normalized spacial score (nSPS) is 10.6. The molecule has 0 fully saturated rings. The lowest BCUT2D eigenvalue weighted by atomic mass is 10.1. The molecule has 0 atom stereocenters. The lowest BCUT2D eigenvalue weighted by Crippen LogP contribution is -2.45. The lowest BCUT2D eigenvalue weighted by molar-refractivity contribution is -0.120. The molecule has 96 valence electrons. The van der Waals surface area contributed by atoms with Crippen LogP contribution in [0.15, 0.2) is 23.1 Å². The Morgan fingerprint density at radius 3 is 2.53 bits per heavy atom. The van der Waals surface area contributed by atoms with Gasteiger partial charge in [-0.05, 0) is 26.8 Å². The van der Waals surface area contributed by atoms with Gasteiger partial charge in [0.15, 0.2) is 0 Å². The molecule has 0 saturated carbocycles. The molecule has 0 aliphatic carbocycles. The second-order valence-corrected chi connectivity index (χ2v) is 4.22. The van der Waals surface area contributed by atoms with Crippen molar-refractivity contribution in [2.24, 2.45) is 5.73 Å². The number of aryl methyl sites for hydroxylation is 1. The summed E-state index contributed by atoms with van der Waals surface area (Å²) in [4.78, 5) is 22.9. The van der Waals surface area contributed by atoms with Crippen LogP contribution in [-0.4, -0.2) is 16.0 Å². The number of hydrogen-bond acceptors (Lipinski definition) is 3. The van der Waals surface area contributed by atoms with Crippen molar-refractivity contribution in [1.29, 1.82) is 0 Å². The van der Waals surface area contributed by atoms with Crippen LogP contribution in [0.4, 0.5) is 5.69 Å². The average Bonchev–Trinajstić information content (AvgIpc) is 2.19. The van der Waals surface area contributed by atoms with Crippen LogP contribution < -0.4 is 16.6 Å². The van der Waals surface area contributed by atoms with Gasteiger partial charge in [0, 0.05) is 18.8 Å². The summed E-state index contributed by atoms with van der Waals surface area (Å²) in [5, 5.41) is 2.66. The smallest absolute Gasteiger partial charge is 0.250 e. The number of nitrogens with one attached hydrogen (secondary N) is 1. The topological polar surface area (TPSA) is 77.1 Å². The zero-order valence-electron chi connectivity index (χ0n) is 10.2. The molecule has 0 spiro atoms. The van der Waals surface area contributed by atoms with Crippen LogP contribution in [0.3, 0.4) is 0 Å². The fraction of sp³-hybridized carbons (Fsp3) is 0.455. The van der Waals surface area contributed by atoms with Crippen molar-refractivity contribution in [1.82, 2.24) is 4.57 Å². The molecule has 0 unspecified atom stereocenters. The molecule has 1 aromatic rings. The van der Waals surface area contributed by atoms with E-state index >= 15 is 0 Å². The minimum absolute atomic E-state index is 0. The molecule has 1 rings (SSSR count). The van der Waals surface area contributed by atoms with Gasteiger partial charge in [0.05, 0.1) is 11.2 Å². The van der Waals surface area contributed by atoms with Crippen molar-refractivity contribution < 1.29 is 4.79 Å². The third kappa shape index (κ3) is 4.20. The highest BCUT2D eigenvalue weighted by Crippen LogP contribution is 2.07. The number of nitrogens with zero attached hydrogens (tertiary/aromatic N) is 1. The van der Waals surface area contributed by atoms with Crippen molar-refractivity contribution in [3.05, 3.63) is 28.7 Å². The number of carbonyl (C=O) groups is 1. The molecule has 0 aliphatic rings. The number of hydrogen-bond donors (Lipinski definition) is 2. The highest BCUT2D eigenvalue weighted by Gasteiger charge is 2.21. The maximum atomic E-state index is 11.6. The Kier molecular flexibility index (Phi) is 5.38. The van der Waals surface area contributed by atoms with Crippen LogP contribution in [-0.2, 0) is 11.3 Å². The van der Waals surface area contributed by atoms with Crippen LogP contribution in [0.5, 0.6) is 0 Å². The van der Waals surface area contributed by atoms with E-state index in [4.69, 9.17) is 5.73 Å². The molecule has 3 N–H and O–H groups in total. The number of pyridine rings is 1. The van der Waals surface area contributed by atoms with E-state index in [-0.39, 0.29) is 23.9 Å². The van der Waals surface area contributed by atoms with Gasteiger partial charge in [-0.1, -0.05) is 0 Å². The van der Waals surface area contributed by atoms with E-state index < -0.39 is 5.54 Å². The summed E-state index contributed by atoms with van der Waals surface area (Å²) < 4.78 is 1.51. The highest BCUT2D eigenvalue weighted by atomic mass is 35.5. The predicted octanol–water partition coefficient (Wildman–Crippen LogP) is 0.966. The van der Waals surface area contributed by atoms with Crippen LogP contribution >= 0.6 is 12.4 Å². The first kappa shape index (κ1) is 15.7. The van der Waals surface area contributed by atoms with Crippen molar-refractivity contribution in [2.75, 3.05) is 5.32 Å². The Hall–Kier alpha value is -1.33. The molecule has 0 radical (unpaired) electrons. The first-order valence-electron chi connectivity index (χ1n) is 5.15. The Morgan fingerprint density at radius 2 is 2.06 bits per heavy atom. The molecular weight excluding hydrogens is 242 g/mol. The van der Waals surface area contributed by atoms with Gasteiger partial charge in [0.1, 0.15) is 0 Å². The highest BCUT2D eigenvalue weighted by molar-refractivity contribution is 5.97. The van der Waals surface area contributed by atoms with Gasteiger partial charge >= 0.3 is 0 Å². The average molecular weight is 260 g/mol. The number of amides is 1. The monoisotopic (exact) mass is 259 g/mol. The van der Waals surface area contributed by atoms with Gasteiger partial charge in [-0.3, -0.25) is 9.59 Å².